The molecule has 0 radical (unpaired) electrons. The summed E-state index contributed by atoms with van der Waals surface area (Å²) in [5.41, 5.74) is -0.390. The molecule has 0 aliphatic heterocycles. The lowest BCUT2D eigenvalue weighted by molar-refractivity contribution is -0.156. The van der Waals surface area contributed by atoms with Gasteiger partial charge >= 0.3 is 23.8 Å². The maximum absolute atomic E-state index is 13.3. The molecule has 3 aromatic rings. The summed E-state index contributed by atoms with van der Waals surface area (Å²) in [5, 5.41) is 22.0. The highest BCUT2D eigenvalue weighted by atomic mass is 19.2. The molecule has 0 unspecified atom stereocenters. The lowest BCUT2D eigenvalue weighted by atomic mass is 9.73. The minimum Gasteiger partial charge on any atom is -0.481 e. The van der Waals surface area contributed by atoms with E-state index >= 15 is 0 Å². The van der Waals surface area contributed by atoms with E-state index in [1.165, 1.54) is 19.4 Å². The Kier molecular flexibility index (Phi) is 7.38. The second-order valence-corrected chi connectivity index (χ2v) is 8.34. The third-order valence-electron chi connectivity index (χ3n) is 5.84. The summed E-state index contributed by atoms with van der Waals surface area (Å²) in [6.45, 7) is 0.157. The summed E-state index contributed by atoms with van der Waals surface area (Å²) < 4.78 is 42.5. The second-order valence-electron chi connectivity index (χ2n) is 8.34. The molecule has 0 atom stereocenters. The lowest BCUT2D eigenvalue weighted by Gasteiger charge is -2.36. The van der Waals surface area contributed by atoms with E-state index in [4.69, 9.17) is 13.9 Å². The maximum Gasteiger partial charge on any atom is 0.320 e. The van der Waals surface area contributed by atoms with Crippen LogP contribution in [0.4, 0.5) is 26.2 Å². The number of nitrogens with zero attached hydrogens (tertiary/aromatic N) is 3. The Morgan fingerprint density at radius 1 is 1.14 bits per heavy atom. The number of carbonyl (C=O) groups is 2. The van der Waals surface area contributed by atoms with E-state index in [1.54, 1.807) is 12.1 Å². The van der Waals surface area contributed by atoms with Gasteiger partial charge in [-0.15, -0.1) is 5.10 Å². The summed E-state index contributed by atoms with van der Waals surface area (Å²) in [6, 6.07) is 6.08. The first-order valence-corrected chi connectivity index (χ1v) is 11.0. The molecule has 1 aliphatic carbocycles. The highest BCUT2D eigenvalue weighted by Crippen LogP contribution is 2.38. The van der Waals surface area contributed by atoms with E-state index in [9.17, 15) is 23.5 Å². The van der Waals surface area contributed by atoms with Gasteiger partial charge in [-0.05, 0) is 43.9 Å². The van der Waals surface area contributed by atoms with Crippen LogP contribution in [0.3, 0.4) is 0 Å². The van der Waals surface area contributed by atoms with Gasteiger partial charge in [0.2, 0.25) is 5.88 Å². The molecule has 3 N–H and O–H groups in total. The maximum atomic E-state index is 13.3. The van der Waals surface area contributed by atoms with Crippen molar-refractivity contribution in [1.29, 1.82) is 0 Å². The largest absolute Gasteiger partial charge is 0.481 e. The lowest BCUT2D eigenvalue weighted by Crippen LogP contribution is -2.41. The monoisotopic (exact) mass is 503 g/mol. The Morgan fingerprint density at radius 3 is 2.53 bits per heavy atom. The minimum atomic E-state index is -1.06. The van der Waals surface area contributed by atoms with Crippen LogP contribution in [-0.4, -0.2) is 52.0 Å². The number of methoxy groups -OCH3 is 1. The molecule has 1 saturated carbocycles. The van der Waals surface area contributed by atoms with Crippen LogP contribution in [0.5, 0.6) is 5.88 Å². The number of hydrogen-bond donors (Lipinski definition) is 3. The van der Waals surface area contributed by atoms with Crippen LogP contribution in [-0.2, 0) is 9.53 Å². The predicted octanol–water partition coefficient (Wildman–Crippen LogP) is 3.78. The number of anilines is 3. The molecule has 190 valence electrons. The number of ether oxygens (including phenoxy) is 2. The summed E-state index contributed by atoms with van der Waals surface area (Å²) in [5.74, 6) is -3.65. The standard InChI is InChI=1S/C23H23F2N5O6/c1-34-12-23(21(32)33)8-6-15(7-9-23)35-18-5-3-14(11-26-18)27-19(31)20-29-30-22(36-20)28-13-2-4-16(24)17(25)10-13/h2-5,10-11,15H,6-9,12H2,1H3,(H,27,31)(H,28,30)(H,32,33)/t15-,23-. The molecule has 0 saturated heterocycles. The van der Waals surface area contributed by atoms with Crippen molar-refractivity contribution in [3.63, 3.8) is 0 Å². The van der Waals surface area contributed by atoms with Gasteiger partial charge in [-0.1, -0.05) is 5.10 Å². The first-order chi connectivity index (χ1) is 17.3. The fraction of sp³-hybridized carbons (Fsp3) is 0.348. The first kappa shape index (κ1) is 25.0. The molecule has 11 nitrogen and oxygen atoms in total. The predicted molar refractivity (Wildman–Crippen MR) is 121 cm³/mol. The number of aliphatic carboxylic acids is 1. The number of pyridine rings is 1. The Balaban J connectivity index is 1.29. The Bertz CT molecular complexity index is 1230. The van der Waals surface area contributed by atoms with E-state index in [-0.39, 0.29) is 30.3 Å². The van der Waals surface area contributed by atoms with Crippen molar-refractivity contribution in [2.45, 2.75) is 31.8 Å². The topological polar surface area (TPSA) is 149 Å². The average molecular weight is 503 g/mol. The van der Waals surface area contributed by atoms with E-state index < -0.39 is 28.9 Å². The van der Waals surface area contributed by atoms with Crippen molar-refractivity contribution in [2.24, 2.45) is 5.41 Å². The Morgan fingerprint density at radius 2 is 1.89 bits per heavy atom. The summed E-state index contributed by atoms with van der Waals surface area (Å²) in [4.78, 5) is 28.2. The molecule has 1 aliphatic rings. The van der Waals surface area contributed by atoms with Crippen molar-refractivity contribution in [3.05, 3.63) is 54.1 Å². The smallest absolute Gasteiger partial charge is 0.320 e. The molecule has 2 aromatic heterocycles. The fourth-order valence-electron chi connectivity index (χ4n) is 3.90. The van der Waals surface area contributed by atoms with Gasteiger partial charge in [0.15, 0.2) is 11.6 Å². The zero-order valence-corrected chi connectivity index (χ0v) is 19.2. The zero-order chi connectivity index (χ0) is 25.7. The van der Waals surface area contributed by atoms with Crippen LogP contribution in [0.1, 0.15) is 36.4 Å². The highest BCUT2D eigenvalue weighted by Gasteiger charge is 2.42. The van der Waals surface area contributed by atoms with Gasteiger partial charge in [0.05, 0.1) is 23.9 Å². The van der Waals surface area contributed by atoms with Crippen molar-refractivity contribution in [1.82, 2.24) is 15.2 Å². The van der Waals surface area contributed by atoms with Gasteiger partial charge in [0.1, 0.15) is 6.10 Å². The number of rotatable bonds is 9. The number of halogens is 2. The van der Waals surface area contributed by atoms with Gasteiger partial charge in [0, 0.05) is 24.9 Å². The molecule has 1 amide bonds. The summed E-state index contributed by atoms with van der Waals surface area (Å²) >= 11 is 0. The van der Waals surface area contributed by atoms with Gasteiger partial charge in [0.25, 0.3) is 0 Å². The highest BCUT2D eigenvalue weighted by molar-refractivity contribution is 6.00. The van der Waals surface area contributed by atoms with E-state index in [2.05, 4.69) is 25.8 Å². The number of hydrogen-bond acceptors (Lipinski definition) is 9. The van der Waals surface area contributed by atoms with Gasteiger partial charge in [-0.2, -0.15) is 0 Å². The van der Waals surface area contributed by atoms with Crippen LogP contribution in [0.2, 0.25) is 0 Å². The van der Waals surface area contributed by atoms with E-state index in [0.717, 1.165) is 12.1 Å². The summed E-state index contributed by atoms with van der Waals surface area (Å²) in [7, 11) is 1.49. The molecule has 2 heterocycles. The minimum absolute atomic E-state index is 0.157. The number of carboxylic acid groups (broad SMARTS) is 1. The molecule has 1 fully saturated rings. The fourth-order valence-corrected chi connectivity index (χ4v) is 3.90. The van der Waals surface area contributed by atoms with Crippen LogP contribution < -0.4 is 15.4 Å². The van der Waals surface area contributed by atoms with Crippen molar-refractivity contribution in [2.75, 3.05) is 24.4 Å². The van der Waals surface area contributed by atoms with E-state index in [1.807, 2.05) is 0 Å². The van der Waals surface area contributed by atoms with Crippen LogP contribution in [0, 0.1) is 17.0 Å². The normalized spacial score (nSPS) is 19.5. The van der Waals surface area contributed by atoms with Crippen molar-refractivity contribution >= 4 is 29.3 Å². The number of benzene rings is 1. The van der Waals surface area contributed by atoms with Gasteiger partial charge in [-0.3, -0.25) is 9.59 Å². The summed E-state index contributed by atoms with van der Waals surface area (Å²) in [6.07, 6.45) is 3.18. The van der Waals surface area contributed by atoms with Crippen LogP contribution in [0.25, 0.3) is 0 Å². The Labute approximate surface area is 203 Å². The number of carbonyl (C=O) groups excluding carboxylic acids is 1. The third kappa shape index (κ3) is 5.74. The molecule has 4 rings (SSSR count). The van der Waals surface area contributed by atoms with Crippen LogP contribution in [0.15, 0.2) is 40.9 Å². The average Bonchev–Trinajstić information content (AvgIpc) is 3.33. The Hall–Kier alpha value is -4.13. The van der Waals surface area contributed by atoms with Crippen molar-refractivity contribution in [3.8, 4) is 5.88 Å². The van der Waals surface area contributed by atoms with E-state index in [0.29, 0.717) is 37.3 Å². The van der Waals surface area contributed by atoms with Crippen molar-refractivity contribution < 1.29 is 37.4 Å². The number of aromatic nitrogens is 3. The molecule has 0 bridgehead atoms. The van der Waals surface area contributed by atoms with Crippen LogP contribution >= 0.6 is 0 Å². The SMILES string of the molecule is COC[C@]1(C(=O)O)CC[C@H](Oc2ccc(NC(=O)c3nnc(Nc4ccc(F)c(F)c4)o3)cn2)CC1. The molecule has 13 heteroatoms. The van der Waals surface area contributed by atoms with Gasteiger partial charge in [-0.25, -0.2) is 13.8 Å². The molecular formula is C23H23F2N5O6. The molecule has 36 heavy (non-hydrogen) atoms. The second kappa shape index (κ2) is 10.6. The molecule has 0 spiro atoms. The zero-order valence-electron chi connectivity index (χ0n) is 19.2. The third-order valence-corrected chi connectivity index (χ3v) is 5.84. The molecule has 1 aromatic carbocycles. The van der Waals surface area contributed by atoms with Gasteiger partial charge < -0.3 is 29.6 Å². The molecular weight excluding hydrogens is 480 g/mol. The number of amides is 1. The number of nitrogens with one attached hydrogen (secondary N) is 2. The first-order valence-electron chi connectivity index (χ1n) is 11.0. The quantitative estimate of drug-likeness (QED) is 0.394. The number of carboxylic acids is 1.